The molecule has 0 aliphatic carbocycles. The number of alkyl halides is 5. The van der Waals surface area contributed by atoms with Gasteiger partial charge in [0.1, 0.15) is 0 Å². The summed E-state index contributed by atoms with van der Waals surface area (Å²) < 4.78 is 61.0. The molecule has 0 aliphatic rings. The zero-order valence-electron chi connectivity index (χ0n) is 9.22. The number of carbonyl (C=O) groups is 1. The van der Waals surface area contributed by atoms with Gasteiger partial charge in [0, 0.05) is 17.3 Å². The van der Waals surface area contributed by atoms with Crippen LogP contribution >= 0.6 is 11.3 Å². The van der Waals surface area contributed by atoms with Gasteiger partial charge in [-0.1, -0.05) is 6.07 Å². The minimum Gasteiger partial charge on any atom is -0.348 e. The first kappa shape index (κ1) is 14.9. The van der Waals surface area contributed by atoms with Crippen LogP contribution in [0.4, 0.5) is 22.0 Å². The van der Waals surface area contributed by atoms with Crippen LogP contribution in [0.15, 0.2) is 17.5 Å². The second-order valence-corrected chi connectivity index (χ2v) is 4.76. The van der Waals surface area contributed by atoms with Crippen LogP contribution in [0.25, 0.3) is 0 Å². The normalized spacial score (nSPS) is 14.3. The van der Waals surface area contributed by atoms with E-state index in [0.29, 0.717) is 0 Å². The summed E-state index contributed by atoms with van der Waals surface area (Å²) in [6.45, 7) is 1.37. The van der Waals surface area contributed by atoms with E-state index in [-0.39, 0.29) is 6.42 Å². The number of halogens is 5. The molecule has 1 aromatic rings. The van der Waals surface area contributed by atoms with Crippen LogP contribution in [0.2, 0.25) is 0 Å². The molecule has 2 nitrogen and oxygen atoms in total. The van der Waals surface area contributed by atoms with Gasteiger partial charge < -0.3 is 5.32 Å². The first-order valence-corrected chi connectivity index (χ1v) is 5.80. The lowest BCUT2D eigenvalue weighted by Gasteiger charge is -2.21. The molecule has 1 atom stereocenters. The maximum Gasteiger partial charge on any atom is 0.463 e. The lowest BCUT2D eigenvalue weighted by Crippen LogP contribution is -2.52. The number of amides is 1. The maximum absolute atomic E-state index is 12.6. The summed E-state index contributed by atoms with van der Waals surface area (Å²) in [4.78, 5) is 11.7. The van der Waals surface area contributed by atoms with Crippen molar-refractivity contribution in [2.24, 2.45) is 0 Å². The van der Waals surface area contributed by atoms with Crippen LogP contribution in [0.3, 0.4) is 0 Å². The number of carbonyl (C=O) groups excluding carboxylic acids is 1. The second-order valence-electron chi connectivity index (χ2n) is 3.73. The molecule has 1 rings (SSSR count). The van der Waals surface area contributed by atoms with Gasteiger partial charge in [-0.25, -0.2) is 0 Å². The maximum atomic E-state index is 12.6. The van der Waals surface area contributed by atoms with Crippen LogP contribution < -0.4 is 5.32 Å². The Morgan fingerprint density at radius 1 is 1.39 bits per heavy atom. The molecule has 8 heteroatoms. The number of rotatable bonds is 4. The first-order valence-electron chi connectivity index (χ1n) is 4.92. The topological polar surface area (TPSA) is 29.1 Å². The SMILES string of the molecule is CC(Cc1cccs1)NC(=O)C(F)(F)C(F)(F)F. The molecule has 1 heterocycles. The van der Waals surface area contributed by atoms with Crippen molar-refractivity contribution in [1.82, 2.24) is 5.32 Å². The average molecular weight is 287 g/mol. The van der Waals surface area contributed by atoms with Crippen molar-refractivity contribution in [2.45, 2.75) is 31.5 Å². The van der Waals surface area contributed by atoms with Gasteiger partial charge in [0.05, 0.1) is 0 Å². The van der Waals surface area contributed by atoms with Gasteiger partial charge in [-0.2, -0.15) is 22.0 Å². The summed E-state index contributed by atoms with van der Waals surface area (Å²) in [5.74, 6) is -7.68. The van der Waals surface area contributed by atoms with Crippen molar-refractivity contribution < 1.29 is 26.7 Å². The summed E-state index contributed by atoms with van der Waals surface area (Å²) in [6.07, 6.45) is -5.67. The van der Waals surface area contributed by atoms with Crippen molar-refractivity contribution >= 4 is 17.2 Å². The number of hydrogen-bond donors (Lipinski definition) is 1. The van der Waals surface area contributed by atoms with E-state index in [1.165, 1.54) is 18.3 Å². The van der Waals surface area contributed by atoms with Crippen molar-refractivity contribution in [3.63, 3.8) is 0 Å². The molecule has 0 fully saturated rings. The third kappa shape index (κ3) is 3.41. The van der Waals surface area contributed by atoms with Crippen LogP contribution in [-0.2, 0) is 11.2 Å². The van der Waals surface area contributed by atoms with Crippen LogP contribution in [0.5, 0.6) is 0 Å². The molecule has 1 N–H and O–H groups in total. The van der Waals surface area contributed by atoms with E-state index in [9.17, 15) is 26.7 Å². The Morgan fingerprint density at radius 3 is 2.44 bits per heavy atom. The molecule has 0 spiro atoms. The van der Waals surface area contributed by atoms with E-state index < -0.39 is 24.0 Å². The Morgan fingerprint density at radius 2 is 2.00 bits per heavy atom. The van der Waals surface area contributed by atoms with Crippen molar-refractivity contribution in [2.75, 3.05) is 0 Å². The van der Waals surface area contributed by atoms with Gasteiger partial charge in [-0.05, 0) is 18.4 Å². The third-order valence-electron chi connectivity index (χ3n) is 2.11. The number of hydrogen-bond acceptors (Lipinski definition) is 2. The third-order valence-corrected chi connectivity index (χ3v) is 3.00. The molecule has 0 radical (unpaired) electrons. The molecule has 1 amide bonds. The summed E-state index contributed by atoms with van der Waals surface area (Å²) in [6, 6.07) is 2.62. The summed E-state index contributed by atoms with van der Waals surface area (Å²) >= 11 is 1.33. The largest absolute Gasteiger partial charge is 0.463 e. The fourth-order valence-electron chi connectivity index (χ4n) is 1.22. The monoisotopic (exact) mass is 287 g/mol. The Kier molecular flexibility index (Phi) is 4.31. The average Bonchev–Trinajstić information content (AvgIpc) is 2.68. The quantitative estimate of drug-likeness (QED) is 0.847. The zero-order chi connectivity index (χ0) is 14.0. The van der Waals surface area contributed by atoms with E-state index in [1.54, 1.807) is 22.8 Å². The molecule has 18 heavy (non-hydrogen) atoms. The minimum absolute atomic E-state index is 0.206. The predicted molar refractivity (Wildman–Crippen MR) is 56.6 cm³/mol. The molecular weight excluding hydrogens is 277 g/mol. The van der Waals surface area contributed by atoms with Gasteiger partial charge in [-0.15, -0.1) is 11.3 Å². The predicted octanol–water partition coefficient (Wildman–Crippen LogP) is 2.99. The van der Waals surface area contributed by atoms with Crippen molar-refractivity contribution in [3.8, 4) is 0 Å². The lowest BCUT2D eigenvalue weighted by molar-refractivity contribution is -0.270. The lowest BCUT2D eigenvalue weighted by atomic mass is 10.2. The Labute approximate surface area is 104 Å². The molecule has 0 aliphatic heterocycles. The second kappa shape index (κ2) is 5.21. The highest BCUT2D eigenvalue weighted by Crippen LogP contribution is 2.35. The van der Waals surface area contributed by atoms with E-state index in [2.05, 4.69) is 0 Å². The van der Waals surface area contributed by atoms with E-state index in [0.717, 1.165) is 4.88 Å². The summed E-state index contributed by atoms with van der Waals surface area (Å²) in [5.41, 5.74) is 0. The van der Waals surface area contributed by atoms with Gasteiger partial charge in [0.2, 0.25) is 0 Å². The van der Waals surface area contributed by atoms with Crippen LogP contribution in [-0.4, -0.2) is 24.0 Å². The van der Waals surface area contributed by atoms with Gasteiger partial charge in [0.15, 0.2) is 0 Å². The van der Waals surface area contributed by atoms with Gasteiger partial charge in [-0.3, -0.25) is 4.79 Å². The molecule has 0 saturated heterocycles. The van der Waals surface area contributed by atoms with Crippen LogP contribution in [0.1, 0.15) is 11.8 Å². The molecule has 0 saturated carbocycles. The Bertz CT molecular complexity index is 401. The van der Waals surface area contributed by atoms with Crippen molar-refractivity contribution in [3.05, 3.63) is 22.4 Å². The Hall–Kier alpha value is -1.18. The smallest absolute Gasteiger partial charge is 0.348 e. The molecule has 1 unspecified atom stereocenters. The van der Waals surface area contributed by atoms with Gasteiger partial charge in [0.25, 0.3) is 0 Å². The van der Waals surface area contributed by atoms with E-state index in [4.69, 9.17) is 0 Å². The highest BCUT2D eigenvalue weighted by atomic mass is 32.1. The summed E-state index contributed by atoms with van der Waals surface area (Å²) in [5, 5.41) is 3.41. The van der Waals surface area contributed by atoms with Crippen LogP contribution in [0, 0.1) is 0 Å². The van der Waals surface area contributed by atoms with E-state index in [1.807, 2.05) is 0 Å². The molecule has 0 aromatic carbocycles. The molecular formula is C10H10F5NOS. The molecule has 102 valence electrons. The van der Waals surface area contributed by atoms with E-state index >= 15 is 0 Å². The minimum atomic E-state index is -5.88. The number of nitrogens with one attached hydrogen (secondary N) is 1. The highest BCUT2D eigenvalue weighted by molar-refractivity contribution is 7.09. The fraction of sp³-hybridized carbons (Fsp3) is 0.500. The molecule has 0 bridgehead atoms. The fourth-order valence-corrected chi connectivity index (χ4v) is 2.06. The summed E-state index contributed by atoms with van der Waals surface area (Å²) in [7, 11) is 0. The standard InChI is InChI=1S/C10H10F5NOS/c1-6(5-7-3-2-4-18-7)16-8(17)9(11,12)10(13,14)15/h2-4,6H,5H2,1H3,(H,16,17). The van der Waals surface area contributed by atoms with Gasteiger partial charge >= 0.3 is 18.0 Å². The number of thiophene rings is 1. The van der Waals surface area contributed by atoms with Crippen molar-refractivity contribution in [1.29, 1.82) is 0 Å². The zero-order valence-corrected chi connectivity index (χ0v) is 10.0. The molecule has 1 aromatic heterocycles. The first-order chi connectivity index (χ1) is 8.14. The Balaban J connectivity index is 2.59. The highest BCUT2D eigenvalue weighted by Gasteiger charge is 2.63.